The first-order valence-corrected chi connectivity index (χ1v) is 12.1. The zero-order chi connectivity index (χ0) is 24.0. The molecule has 0 aliphatic rings. The van der Waals surface area contributed by atoms with E-state index >= 15 is 0 Å². The highest BCUT2D eigenvalue weighted by atomic mass is 32.2. The van der Waals surface area contributed by atoms with Crippen LogP contribution in [-0.4, -0.2) is 34.5 Å². The van der Waals surface area contributed by atoms with Gasteiger partial charge >= 0.3 is 0 Å². The summed E-state index contributed by atoms with van der Waals surface area (Å²) in [5, 5.41) is 16.2. The fourth-order valence-corrected chi connectivity index (χ4v) is 3.82. The number of halogens is 1. The molecule has 4 aromatic rings. The average Bonchev–Trinajstić information content (AvgIpc) is 3.25. The summed E-state index contributed by atoms with van der Waals surface area (Å²) in [6, 6.07) is 11.5. The molecular formula is C22H24FN7O2S. The number of hydrogen-bond donors (Lipinski definition) is 2. The lowest BCUT2D eigenvalue weighted by Crippen LogP contribution is -2.12. The van der Waals surface area contributed by atoms with Gasteiger partial charge in [-0.25, -0.2) is 17.8 Å². The third kappa shape index (κ3) is 4.92. The van der Waals surface area contributed by atoms with Gasteiger partial charge in [0.25, 0.3) is 0 Å². The van der Waals surface area contributed by atoms with Crippen LogP contribution >= 0.6 is 0 Å². The van der Waals surface area contributed by atoms with E-state index in [1.54, 1.807) is 43.3 Å². The minimum absolute atomic E-state index is 0.133. The SMILES string of the molecule is Cc1ccc(N=Nc2c(C(C)(C)C)[nH]n3nc(-c4ccc(NS(C)(=O)=O)cc4)nc23)c(F)c1. The maximum Gasteiger partial charge on any atom is 0.229 e. The molecule has 0 radical (unpaired) electrons. The van der Waals surface area contributed by atoms with Gasteiger partial charge < -0.3 is 0 Å². The van der Waals surface area contributed by atoms with Crippen molar-refractivity contribution in [3.63, 3.8) is 0 Å². The third-order valence-corrected chi connectivity index (χ3v) is 5.44. The monoisotopic (exact) mass is 469 g/mol. The molecule has 0 amide bonds. The van der Waals surface area contributed by atoms with E-state index in [9.17, 15) is 12.8 Å². The van der Waals surface area contributed by atoms with Gasteiger partial charge in [0.15, 0.2) is 17.3 Å². The second kappa shape index (κ2) is 8.07. The maximum atomic E-state index is 14.3. The average molecular weight is 470 g/mol. The fourth-order valence-electron chi connectivity index (χ4n) is 3.25. The highest BCUT2D eigenvalue weighted by Crippen LogP contribution is 2.36. The van der Waals surface area contributed by atoms with E-state index < -0.39 is 15.8 Å². The number of aromatic nitrogens is 4. The minimum Gasteiger partial charge on any atom is -0.284 e. The molecule has 0 unspecified atom stereocenters. The van der Waals surface area contributed by atoms with Gasteiger partial charge in [0.05, 0.1) is 11.9 Å². The number of rotatable bonds is 5. The molecule has 0 saturated carbocycles. The first kappa shape index (κ1) is 22.6. The van der Waals surface area contributed by atoms with E-state index in [2.05, 4.69) is 30.1 Å². The topological polar surface area (TPSA) is 117 Å². The Bertz CT molecular complexity index is 1460. The number of azo groups is 1. The predicted molar refractivity (Wildman–Crippen MR) is 125 cm³/mol. The lowest BCUT2D eigenvalue weighted by Gasteiger charge is -2.16. The number of sulfonamides is 1. The van der Waals surface area contributed by atoms with Gasteiger partial charge in [-0.05, 0) is 48.9 Å². The molecule has 0 aliphatic carbocycles. The highest BCUT2D eigenvalue weighted by Gasteiger charge is 2.26. The van der Waals surface area contributed by atoms with Gasteiger partial charge in [-0.3, -0.25) is 9.82 Å². The molecule has 9 nitrogen and oxygen atoms in total. The van der Waals surface area contributed by atoms with E-state index in [1.807, 2.05) is 20.8 Å². The quantitative estimate of drug-likeness (QED) is 0.388. The molecule has 4 rings (SSSR count). The number of nitrogens with one attached hydrogen (secondary N) is 2. The number of aryl methyl sites for hydroxylation is 1. The maximum absolute atomic E-state index is 14.3. The van der Waals surface area contributed by atoms with Crippen molar-refractivity contribution in [3.05, 3.63) is 59.5 Å². The Kier molecular flexibility index (Phi) is 5.52. The van der Waals surface area contributed by atoms with Crippen molar-refractivity contribution in [2.75, 3.05) is 11.0 Å². The van der Waals surface area contributed by atoms with Gasteiger partial charge in [0.1, 0.15) is 5.69 Å². The van der Waals surface area contributed by atoms with E-state index in [4.69, 9.17) is 0 Å². The lowest BCUT2D eigenvalue weighted by molar-refractivity contribution is 0.557. The molecule has 2 aromatic carbocycles. The number of anilines is 1. The van der Waals surface area contributed by atoms with E-state index in [1.165, 1.54) is 10.7 Å². The Morgan fingerprint density at radius 1 is 1.09 bits per heavy atom. The number of nitrogens with zero attached hydrogens (tertiary/aromatic N) is 5. The minimum atomic E-state index is -3.37. The van der Waals surface area contributed by atoms with E-state index in [0.717, 1.165) is 17.5 Å². The summed E-state index contributed by atoms with van der Waals surface area (Å²) < 4.78 is 41.0. The smallest absolute Gasteiger partial charge is 0.229 e. The van der Waals surface area contributed by atoms with Crippen LogP contribution in [0.2, 0.25) is 0 Å². The van der Waals surface area contributed by atoms with Crippen LogP contribution < -0.4 is 4.72 Å². The van der Waals surface area contributed by atoms with Crippen LogP contribution in [0.1, 0.15) is 32.0 Å². The van der Waals surface area contributed by atoms with Gasteiger partial charge in [-0.2, -0.15) is 4.63 Å². The summed E-state index contributed by atoms with van der Waals surface area (Å²) >= 11 is 0. The van der Waals surface area contributed by atoms with Gasteiger partial charge in [0.2, 0.25) is 15.7 Å². The summed E-state index contributed by atoms with van der Waals surface area (Å²) in [4.78, 5) is 4.60. The van der Waals surface area contributed by atoms with Crippen LogP contribution in [0.15, 0.2) is 52.7 Å². The van der Waals surface area contributed by atoms with Crippen LogP contribution in [-0.2, 0) is 15.4 Å². The van der Waals surface area contributed by atoms with Crippen LogP contribution in [0.25, 0.3) is 17.0 Å². The van der Waals surface area contributed by atoms with Crippen LogP contribution in [0.3, 0.4) is 0 Å². The van der Waals surface area contributed by atoms with Gasteiger partial charge in [-0.1, -0.05) is 26.8 Å². The number of fused-ring (bicyclic) bond motifs is 1. The first-order valence-electron chi connectivity index (χ1n) is 10.2. The number of aromatic amines is 1. The zero-order valence-electron chi connectivity index (χ0n) is 18.9. The summed E-state index contributed by atoms with van der Waals surface area (Å²) in [6.07, 6.45) is 1.09. The second-order valence-corrected chi connectivity index (χ2v) is 10.6. The van der Waals surface area contributed by atoms with Crippen molar-refractivity contribution in [1.29, 1.82) is 0 Å². The Morgan fingerprint density at radius 2 is 1.79 bits per heavy atom. The third-order valence-electron chi connectivity index (χ3n) is 4.83. The Hall–Kier alpha value is -3.60. The van der Waals surface area contributed by atoms with Crippen molar-refractivity contribution in [2.24, 2.45) is 10.2 Å². The van der Waals surface area contributed by atoms with Crippen LogP contribution in [0.5, 0.6) is 0 Å². The summed E-state index contributed by atoms with van der Waals surface area (Å²) in [6.45, 7) is 7.84. The number of H-pyrrole nitrogens is 1. The highest BCUT2D eigenvalue weighted by molar-refractivity contribution is 7.92. The van der Waals surface area contributed by atoms with Gasteiger partial charge in [0, 0.05) is 16.7 Å². The lowest BCUT2D eigenvalue weighted by atomic mass is 9.91. The van der Waals surface area contributed by atoms with E-state index in [-0.39, 0.29) is 11.1 Å². The fraction of sp³-hybridized carbons (Fsp3) is 0.273. The second-order valence-electron chi connectivity index (χ2n) is 8.86. The summed E-state index contributed by atoms with van der Waals surface area (Å²) in [5.41, 5.74) is 3.42. The largest absolute Gasteiger partial charge is 0.284 e. The van der Waals surface area contributed by atoms with Crippen molar-refractivity contribution in [3.8, 4) is 11.4 Å². The summed E-state index contributed by atoms with van der Waals surface area (Å²) in [5.74, 6) is -0.0295. The molecule has 0 fully saturated rings. The molecule has 2 aromatic heterocycles. The zero-order valence-corrected chi connectivity index (χ0v) is 19.7. The molecule has 2 N–H and O–H groups in total. The Balaban J connectivity index is 1.75. The van der Waals surface area contributed by atoms with Crippen molar-refractivity contribution < 1.29 is 12.8 Å². The molecule has 0 bridgehead atoms. The van der Waals surface area contributed by atoms with Gasteiger partial charge in [-0.15, -0.1) is 15.3 Å². The molecule has 0 spiro atoms. The molecule has 172 valence electrons. The van der Waals surface area contributed by atoms with Crippen molar-refractivity contribution >= 4 is 32.7 Å². The molecule has 0 atom stereocenters. The van der Waals surface area contributed by atoms with Crippen LogP contribution in [0.4, 0.5) is 21.5 Å². The normalized spacial score (nSPS) is 12.7. The number of hydrogen-bond acceptors (Lipinski definition) is 6. The standard InChI is InChI=1S/C22H24FN7O2S/c1-13-6-11-17(16(23)12-13)25-26-18-19(22(2,3)4)27-30-21(18)24-20(28-30)14-7-9-15(10-8-14)29-33(5,31)32/h6-12,27,29H,1-5H3. The Morgan fingerprint density at radius 3 is 2.39 bits per heavy atom. The first-order chi connectivity index (χ1) is 15.4. The molecule has 11 heteroatoms. The predicted octanol–water partition coefficient (Wildman–Crippen LogP) is 5.26. The summed E-state index contributed by atoms with van der Waals surface area (Å²) in [7, 11) is -3.37. The van der Waals surface area contributed by atoms with Crippen LogP contribution in [0, 0.1) is 12.7 Å². The van der Waals surface area contributed by atoms with E-state index in [0.29, 0.717) is 28.4 Å². The Labute approximate surface area is 190 Å². The number of benzene rings is 2. The molecule has 2 heterocycles. The van der Waals surface area contributed by atoms with Crippen molar-refractivity contribution in [1.82, 2.24) is 19.8 Å². The molecule has 33 heavy (non-hydrogen) atoms. The van der Waals surface area contributed by atoms with Crippen molar-refractivity contribution in [2.45, 2.75) is 33.1 Å². The molecule has 0 aliphatic heterocycles. The molecule has 0 saturated heterocycles. The molecular weight excluding hydrogens is 445 g/mol.